The average Bonchev–Trinajstić information content (AvgIpc) is 2.44. The van der Waals surface area contributed by atoms with Crippen LogP contribution in [-0.4, -0.2) is 10.9 Å². The molecule has 0 rings (SSSR count). The van der Waals surface area contributed by atoms with Crippen molar-refractivity contribution in [3.63, 3.8) is 0 Å². The molecule has 0 saturated heterocycles. The van der Waals surface area contributed by atoms with Gasteiger partial charge in [0, 0.05) is 0 Å². The second-order valence-corrected chi connectivity index (χ2v) is 5.63. The molecule has 0 atom stereocenters. The third-order valence-corrected chi connectivity index (χ3v) is 4.24. The van der Waals surface area contributed by atoms with E-state index in [-0.39, 0.29) is 5.60 Å². The molecule has 0 spiro atoms. The van der Waals surface area contributed by atoms with E-state index in [1.807, 2.05) is 0 Å². The monoisotopic (exact) mass is 274 g/mol. The second-order valence-electron chi connectivity index (χ2n) is 5.63. The van der Waals surface area contributed by atoms with Crippen LogP contribution in [0.2, 0.25) is 0 Å². The van der Waals surface area contributed by atoms with Crippen LogP contribution in [0.25, 0.3) is 0 Å². The van der Waals surface area contributed by atoms with Gasteiger partial charge in [-0.3, -0.25) is 0 Å². The van der Waals surface area contributed by atoms with Crippen molar-refractivity contribution in [3.8, 4) is 0 Å². The Balaban J connectivity index is 3.50. The van der Waals surface area contributed by atoms with E-state index in [9.17, 15) is 0 Å². The van der Waals surface area contributed by atoms with Crippen molar-refractivity contribution in [1.29, 1.82) is 0 Å². The van der Waals surface area contributed by atoms with Gasteiger partial charge >= 0.3 is 0 Å². The van der Waals surface area contributed by atoms with Gasteiger partial charge < -0.3 is 0 Å². The fraction of sp³-hybridized carbons (Fsp3) is 1.00. The van der Waals surface area contributed by atoms with E-state index in [0.29, 0.717) is 0 Å². The van der Waals surface area contributed by atoms with E-state index in [1.54, 1.807) is 0 Å². The van der Waals surface area contributed by atoms with E-state index in [1.165, 1.54) is 51.4 Å². The zero-order valence-electron chi connectivity index (χ0n) is 13.2. The van der Waals surface area contributed by atoms with E-state index in [2.05, 4.69) is 25.8 Å². The van der Waals surface area contributed by atoms with Gasteiger partial charge in [-0.15, -0.1) is 0 Å². The van der Waals surface area contributed by atoms with Crippen LogP contribution in [0.15, 0.2) is 0 Å². The highest BCUT2D eigenvalue weighted by molar-refractivity contribution is 4.76. The lowest BCUT2D eigenvalue weighted by Crippen LogP contribution is -2.30. The molecular weight excluding hydrogens is 240 g/mol. The summed E-state index contributed by atoms with van der Waals surface area (Å²) < 4.78 is 0. The third kappa shape index (κ3) is 9.42. The Labute approximate surface area is 119 Å². The first-order valence-electron chi connectivity index (χ1n) is 8.24. The molecule has 0 amide bonds. The molecule has 0 heterocycles. The van der Waals surface area contributed by atoms with E-state index >= 15 is 0 Å². The molecule has 0 aliphatic carbocycles. The standard InChI is InChI=1S/C16H34O3/c1-4-7-8-9-10-11-12-13-14-15-16(5-2,6-3)18-19-17/h17H,4-15H2,1-3H3. The predicted molar refractivity (Wildman–Crippen MR) is 80.0 cm³/mol. The summed E-state index contributed by atoms with van der Waals surface area (Å²) in [5.41, 5.74) is -0.296. The number of hydrogen-bond donors (Lipinski definition) is 1. The van der Waals surface area contributed by atoms with Crippen molar-refractivity contribution in [1.82, 2.24) is 0 Å². The Morgan fingerprint density at radius 1 is 0.737 bits per heavy atom. The van der Waals surface area contributed by atoms with Crippen molar-refractivity contribution in [2.45, 2.75) is 103 Å². The summed E-state index contributed by atoms with van der Waals surface area (Å²) in [7, 11) is 0. The van der Waals surface area contributed by atoms with Gasteiger partial charge in [-0.05, 0) is 19.3 Å². The van der Waals surface area contributed by atoms with Crippen LogP contribution in [0.1, 0.15) is 97.8 Å². The second kappa shape index (κ2) is 12.9. The maximum atomic E-state index is 8.49. The molecule has 0 radical (unpaired) electrons. The molecular formula is C16H34O3. The summed E-state index contributed by atoms with van der Waals surface area (Å²) in [6, 6.07) is 0. The molecule has 0 unspecified atom stereocenters. The predicted octanol–water partition coefficient (Wildman–Crippen LogP) is 5.89. The summed E-state index contributed by atoms with van der Waals surface area (Å²) in [6.07, 6.45) is 14.7. The molecule has 0 aromatic heterocycles. The number of hydrogen-bond acceptors (Lipinski definition) is 3. The summed E-state index contributed by atoms with van der Waals surface area (Å²) in [5, 5.41) is 12.4. The first kappa shape index (κ1) is 18.9. The quantitative estimate of drug-likeness (QED) is 0.244. The lowest BCUT2D eigenvalue weighted by molar-refractivity contribution is -0.527. The molecule has 0 fully saturated rings. The minimum atomic E-state index is -0.296. The lowest BCUT2D eigenvalue weighted by Gasteiger charge is -2.28. The molecule has 116 valence electrons. The molecule has 19 heavy (non-hydrogen) atoms. The molecule has 0 aromatic carbocycles. The van der Waals surface area contributed by atoms with Crippen molar-refractivity contribution in [3.05, 3.63) is 0 Å². The van der Waals surface area contributed by atoms with Gasteiger partial charge in [-0.1, -0.05) is 83.6 Å². The molecule has 0 saturated carbocycles. The smallest absolute Gasteiger partial charge is 0.106 e. The minimum Gasteiger partial charge on any atom is -0.221 e. The molecule has 0 bridgehead atoms. The van der Waals surface area contributed by atoms with Crippen molar-refractivity contribution < 1.29 is 15.2 Å². The maximum absolute atomic E-state index is 8.49. The molecule has 0 aromatic rings. The fourth-order valence-electron chi connectivity index (χ4n) is 2.60. The number of rotatable bonds is 14. The van der Waals surface area contributed by atoms with Gasteiger partial charge in [-0.2, -0.15) is 4.89 Å². The van der Waals surface area contributed by atoms with Crippen LogP contribution in [0, 0.1) is 0 Å². The van der Waals surface area contributed by atoms with E-state index in [4.69, 9.17) is 10.1 Å². The van der Waals surface area contributed by atoms with Crippen LogP contribution >= 0.6 is 0 Å². The summed E-state index contributed by atoms with van der Waals surface area (Å²) in [6.45, 7) is 6.42. The zero-order chi connectivity index (χ0) is 14.4. The molecule has 1 N–H and O–H groups in total. The zero-order valence-corrected chi connectivity index (χ0v) is 13.2. The van der Waals surface area contributed by atoms with Gasteiger partial charge in [0.2, 0.25) is 0 Å². The van der Waals surface area contributed by atoms with Crippen LogP contribution in [0.3, 0.4) is 0 Å². The maximum Gasteiger partial charge on any atom is 0.106 e. The Kier molecular flexibility index (Phi) is 12.8. The lowest BCUT2D eigenvalue weighted by atomic mass is 9.90. The largest absolute Gasteiger partial charge is 0.221 e. The molecule has 0 aliphatic rings. The highest BCUT2D eigenvalue weighted by Crippen LogP contribution is 2.27. The number of unbranched alkanes of at least 4 members (excludes halogenated alkanes) is 8. The van der Waals surface area contributed by atoms with Crippen molar-refractivity contribution in [2.24, 2.45) is 0 Å². The highest BCUT2D eigenvalue weighted by Gasteiger charge is 2.28. The van der Waals surface area contributed by atoms with Gasteiger partial charge in [0.15, 0.2) is 0 Å². The van der Waals surface area contributed by atoms with E-state index in [0.717, 1.165) is 25.7 Å². The minimum absolute atomic E-state index is 0.296. The van der Waals surface area contributed by atoms with E-state index < -0.39 is 0 Å². The van der Waals surface area contributed by atoms with Gasteiger partial charge in [-0.25, -0.2) is 5.26 Å². The third-order valence-electron chi connectivity index (χ3n) is 4.24. The van der Waals surface area contributed by atoms with Crippen molar-refractivity contribution in [2.75, 3.05) is 0 Å². The Morgan fingerprint density at radius 3 is 1.63 bits per heavy atom. The summed E-state index contributed by atoms with van der Waals surface area (Å²) in [5.74, 6) is 0. The first-order chi connectivity index (χ1) is 9.24. The normalized spacial score (nSPS) is 12.0. The van der Waals surface area contributed by atoms with Crippen molar-refractivity contribution >= 4 is 0 Å². The average molecular weight is 274 g/mol. The van der Waals surface area contributed by atoms with Gasteiger partial charge in [0.05, 0.1) is 0 Å². The first-order valence-corrected chi connectivity index (χ1v) is 8.24. The van der Waals surface area contributed by atoms with Crippen LogP contribution in [-0.2, 0) is 9.93 Å². The van der Waals surface area contributed by atoms with Crippen LogP contribution < -0.4 is 0 Å². The summed E-state index contributed by atoms with van der Waals surface area (Å²) >= 11 is 0. The van der Waals surface area contributed by atoms with Crippen LogP contribution in [0.5, 0.6) is 0 Å². The summed E-state index contributed by atoms with van der Waals surface area (Å²) in [4.78, 5) is 5.06. The van der Waals surface area contributed by atoms with Gasteiger partial charge in [0.25, 0.3) is 0 Å². The molecule has 3 nitrogen and oxygen atoms in total. The molecule has 0 aliphatic heterocycles. The van der Waals surface area contributed by atoms with Crippen LogP contribution in [0.4, 0.5) is 0 Å². The Morgan fingerprint density at radius 2 is 1.21 bits per heavy atom. The highest BCUT2D eigenvalue weighted by atomic mass is 17.5. The fourth-order valence-corrected chi connectivity index (χ4v) is 2.60. The Hall–Kier alpha value is -0.120. The SMILES string of the molecule is CCCCCCCCCCCC(CC)(CC)OOO. The molecule has 3 heteroatoms. The Bertz CT molecular complexity index is 179. The topological polar surface area (TPSA) is 38.7 Å². The van der Waals surface area contributed by atoms with Gasteiger partial charge in [0.1, 0.15) is 5.60 Å².